The highest BCUT2D eigenvalue weighted by Crippen LogP contribution is 2.11. The van der Waals surface area contributed by atoms with Gasteiger partial charge in [0.1, 0.15) is 5.75 Å². The number of alkyl halides is 1. The zero-order chi connectivity index (χ0) is 17.5. The molecule has 0 aliphatic carbocycles. The molecule has 1 amide bonds. The van der Waals surface area contributed by atoms with Crippen LogP contribution in [-0.4, -0.2) is 22.9 Å². The Morgan fingerprint density at radius 3 is 2.00 bits per heavy atom. The third-order valence-electron chi connectivity index (χ3n) is 4.21. The molecule has 0 bridgehead atoms. The van der Waals surface area contributed by atoms with E-state index in [1.165, 1.54) is 44.9 Å². The number of benzene rings is 1. The standard InChI is InChI=1S/C20H32BrNO2/c21-16-9-7-5-3-1-2-4-6-8-10-20(24)22-17-15-18-11-13-19(23)14-12-18/h11-14,23H,1-10,15-17H2,(H,22,24). The molecule has 0 aromatic heterocycles. The van der Waals surface area contributed by atoms with E-state index in [0.717, 1.165) is 30.2 Å². The van der Waals surface area contributed by atoms with Crippen LogP contribution in [0.3, 0.4) is 0 Å². The maximum atomic E-state index is 11.8. The van der Waals surface area contributed by atoms with Crippen molar-refractivity contribution in [1.82, 2.24) is 5.32 Å². The van der Waals surface area contributed by atoms with Crippen LogP contribution in [0.5, 0.6) is 5.75 Å². The summed E-state index contributed by atoms with van der Waals surface area (Å²) in [6.45, 7) is 0.665. The number of halogens is 1. The molecule has 24 heavy (non-hydrogen) atoms. The maximum absolute atomic E-state index is 11.8. The molecular formula is C20H32BrNO2. The lowest BCUT2D eigenvalue weighted by Gasteiger charge is -2.06. The molecule has 0 atom stereocenters. The van der Waals surface area contributed by atoms with Crippen LogP contribution in [-0.2, 0) is 11.2 Å². The lowest BCUT2D eigenvalue weighted by Crippen LogP contribution is -2.25. The van der Waals surface area contributed by atoms with Crippen LogP contribution in [0.1, 0.15) is 69.8 Å². The van der Waals surface area contributed by atoms with E-state index in [1.807, 2.05) is 12.1 Å². The Morgan fingerprint density at radius 2 is 1.42 bits per heavy atom. The van der Waals surface area contributed by atoms with Crippen LogP contribution >= 0.6 is 15.9 Å². The first-order chi connectivity index (χ1) is 11.7. The first kappa shape index (κ1) is 21.0. The fourth-order valence-electron chi connectivity index (χ4n) is 2.71. The second-order valence-electron chi connectivity index (χ2n) is 6.39. The smallest absolute Gasteiger partial charge is 0.220 e. The Balaban J connectivity index is 1.88. The van der Waals surface area contributed by atoms with E-state index in [2.05, 4.69) is 21.2 Å². The van der Waals surface area contributed by atoms with E-state index in [0.29, 0.717) is 13.0 Å². The SMILES string of the molecule is O=C(CCCCCCCCCCCBr)NCCc1ccc(O)cc1. The first-order valence-corrected chi connectivity index (χ1v) is 10.4. The highest BCUT2D eigenvalue weighted by atomic mass is 79.9. The summed E-state index contributed by atoms with van der Waals surface area (Å²) in [4.78, 5) is 11.8. The number of nitrogens with one attached hydrogen (secondary N) is 1. The molecule has 136 valence electrons. The number of rotatable bonds is 14. The summed E-state index contributed by atoms with van der Waals surface area (Å²) in [7, 11) is 0. The van der Waals surface area contributed by atoms with Crippen LogP contribution in [0, 0.1) is 0 Å². The number of carbonyl (C=O) groups is 1. The van der Waals surface area contributed by atoms with Gasteiger partial charge in [-0.2, -0.15) is 0 Å². The second-order valence-corrected chi connectivity index (χ2v) is 7.18. The van der Waals surface area contributed by atoms with Crippen molar-refractivity contribution in [2.45, 2.75) is 70.6 Å². The molecule has 2 N–H and O–H groups in total. The highest BCUT2D eigenvalue weighted by Gasteiger charge is 2.01. The number of phenolic OH excluding ortho intramolecular Hbond substituents is 1. The minimum Gasteiger partial charge on any atom is -0.508 e. The molecule has 4 heteroatoms. The predicted octanol–water partition coefficient (Wildman–Crippen LogP) is 5.35. The van der Waals surface area contributed by atoms with E-state index in [-0.39, 0.29) is 11.7 Å². The van der Waals surface area contributed by atoms with E-state index in [4.69, 9.17) is 0 Å². The lowest BCUT2D eigenvalue weighted by atomic mass is 10.1. The monoisotopic (exact) mass is 397 g/mol. The van der Waals surface area contributed by atoms with Crippen LogP contribution < -0.4 is 5.32 Å². The average Bonchev–Trinajstić information content (AvgIpc) is 2.58. The first-order valence-electron chi connectivity index (χ1n) is 9.33. The fourth-order valence-corrected chi connectivity index (χ4v) is 3.11. The molecule has 0 heterocycles. The Hall–Kier alpha value is -1.03. The van der Waals surface area contributed by atoms with Gasteiger partial charge in [0.25, 0.3) is 0 Å². The van der Waals surface area contributed by atoms with Gasteiger partial charge in [-0.25, -0.2) is 0 Å². The molecule has 0 spiro atoms. The minimum atomic E-state index is 0.156. The zero-order valence-electron chi connectivity index (χ0n) is 14.7. The molecular weight excluding hydrogens is 366 g/mol. The van der Waals surface area contributed by atoms with Gasteiger partial charge < -0.3 is 10.4 Å². The Labute approximate surface area is 155 Å². The van der Waals surface area contributed by atoms with Crippen LogP contribution in [0.15, 0.2) is 24.3 Å². The van der Waals surface area contributed by atoms with Crippen molar-refractivity contribution < 1.29 is 9.90 Å². The number of phenols is 1. The molecule has 1 rings (SSSR count). The van der Waals surface area contributed by atoms with Crippen molar-refractivity contribution >= 4 is 21.8 Å². The summed E-state index contributed by atoms with van der Waals surface area (Å²) in [5, 5.41) is 13.3. The second kappa shape index (κ2) is 14.3. The summed E-state index contributed by atoms with van der Waals surface area (Å²) in [5.41, 5.74) is 1.13. The quantitative estimate of drug-likeness (QED) is 0.328. The predicted molar refractivity (Wildman–Crippen MR) is 105 cm³/mol. The summed E-state index contributed by atoms with van der Waals surface area (Å²) in [6, 6.07) is 7.14. The van der Waals surface area contributed by atoms with Crippen molar-refractivity contribution in [1.29, 1.82) is 0 Å². The van der Waals surface area contributed by atoms with E-state index in [1.54, 1.807) is 12.1 Å². The molecule has 0 saturated heterocycles. The average molecular weight is 398 g/mol. The Kier molecular flexibility index (Phi) is 12.5. The minimum absolute atomic E-state index is 0.156. The van der Waals surface area contributed by atoms with E-state index in [9.17, 15) is 9.90 Å². The van der Waals surface area contributed by atoms with Crippen LogP contribution in [0.4, 0.5) is 0 Å². The van der Waals surface area contributed by atoms with Crippen LogP contribution in [0.25, 0.3) is 0 Å². The summed E-state index contributed by atoms with van der Waals surface area (Å²) >= 11 is 3.46. The van der Waals surface area contributed by atoms with Gasteiger partial charge in [0, 0.05) is 18.3 Å². The Bertz CT molecular complexity index is 434. The van der Waals surface area contributed by atoms with Gasteiger partial charge in [-0.15, -0.1) is 0 Å². The molecule has 3 nitrogen and oxygen atoms in total. The van der Waals surface area contributed by atoms with Gasteiger partial charge in [0.15, 0.2) is 0 Å². The van der Waals surface area contributed by atoms with Gasteiger partial charge in [-0.05, 0) is 37.0 Å². The van der Waals surface area contributed by atoms with Crippen molar-refractivity contribution in [3.63, 3.8) is 0 Å². The van der Waals surface area contributed by atoms with Crippen molar-refractivity contribution in [2.24, 2.45) is 0 Å². The largest absolute Gasteiger partial charge is 0.508 e. The topological polar surface area (TPSA) is 49.3 Å². The van der Waals surface area contributed by atoms with Gasteiger partial charge in [-0.1, -0.05) is 73.0 Å². The molecule has 1 aromatic carbocycles. The molecule has 0 aliphatic rings. The molecule has 0 saturated carbocycles. The molecule has 0 unspecified atom stereocenters. The number of unbranched alkanes of at least 4 members (excludes halogenated alkanes) is 8. The highest BCUT2D eigenvalue weighted by molar-refractivity contribution is 9.09. The molecule has 0 radical (unpaired) electrons. The third-order valence-corrected chi connectivity index (χ3v) is 4.77. The van der Waals surface area contributed by atoms with E-state index < -0.39 is 0 Å². The third kappa shape index (κ3) is 11.5. The summed E-state index contributed by atoms with van der Waals surface area (Å²) < 4.78 is 0. The van der Waals surface area contributed by atoms with Gasteiger partial charge in [-0.3, -0.25) is 4.79 Å². The summed E-state index contributed by atoms with van der Waals surface area (Å²) in [5.74, 6) is 0.435. The fraction of sp³-hybridized carbons (Fsp3) is 0.650. The molecule has 0 fully saturated rings. The number of carbonyl (C=O) groups excluding carboxylic acids is 1. The number of aromatic hydroxyl groups is 1. The van der Waals surface area contributed by atoms with Gasteiger partial charge in [0.2, 0.25) is 5.91 Å². The van der Waals surface area contributed by atoms with Crippen LogP contribution in [0.2, 0.25) is 0 Å². The zero-order valence-corrected chi connectivity index (χ0v) is 16.3. The molecule has 1 aromatic rings. The Morgan fingerprint density at radius 1 is 0.875 bits per heavy atom. The van der Waals surface area contributed by atoms with Gasteiger partial charge in [0.05, 0.1) is 0 Å². The lowest BCUT2D eigenvalue weighted by molar-refractivity contribution is -0.121. The van der Waals surface area contributed by atoms with Gasteiger partial charge >= 0.3 is 0 Å². The number of hydrogen-bond donors (Lipinski definition) is 2. The number of amides is 1. The van der Waals surface area contributed by atoms with E-state index >= 15 is 0 Å². The summed E-state index contributed by atoms with van der Waals surface area (Å²) in [6.07, 6.45) is 12.8. The van der Waals surface area contributed by atoms with Crippen molar-refractivity contribution in [3.05, 3.63) is 29.8 Å². The normalized spacial score (nSPS) is 10.7. The van der Waals surface area contributed by atoms with Crippen molar-refractivity contribution in [2.75, 3.05) is 11.9 Å². The van der Waals surface area contributed by atoms with Crippen molar-refractivity contribution in [3.8, 4) is 5.75 Å². The molecule has 0 aliphatic heterocycles. The number of hydrogen-bond acceptors (Lipinski definition) is 2. The maximum Gasteiger partial charge on any atom is 0.220 e.